The Morgan fingerprint density at radius 3 is 2.44 bits per heavy atom. The molecule has 0 aliphatic heterocycles. The van der Waals surface area contributed by atoms with Crippen LogP contribution in [0, 0.1) is 3.57 Å². The van der Waals surface area contributed by atoms with Gasteiger partial charge in [0.1, 0.15) is 5.82 Å². The van der Waals surface area contributed by atoms with Gasteiger partial charge in [0.2, 0.25) is 0 Å². The molecule has 2 rings (SSSR count). The highest BCUT2D eigenvalue weighted by Gasteiger charge is 2.15. The van der Waals surface area contributed by atoms with Crippen LogP contribution in [0.2, 0.25) is 0 Å². The molecule has 0 atom stereocenters. The molecule has 0 saturated heterocycles. The van der Waals surface area contributed by atoms with E-state index in [1.54, 1.807) is 0 Å². The fraction of sp³-hybridized carbons (Fsp3) is 0.308. The van der Waals surface area contributed by atoms with Gasteiger partial charge in [-0.2, -0.15) is 5.10 Å². The van der Waals surface area contributed by atoms with Crippen LogP contribution in [0.3, 0.4) is 0 Å². The van der Waals surface area contributed by atoms with Crippen LogP contribution in [0.1, 0.15) is 31.0 Å². The van der Waals surface area contributed by atoms with Gasteiger partial charge in [-0.1, -0.05) is 41.9 Å². The van der Waals surface area contributed by atoms with Crippen molar-refractivity contribution in [2.45, 2.75) is 26.3 Å². The highest BCUT2D eigenvalue weighted by molar-refractivity contribution is 14.1. The van der Waals surface area contributed by atoms with Gasteiger partial charge >= 0.3 is 0 Å². The molecule has 1 aromatic heterocycles. The number of nitrogen functional groups attached to an aromatic ring is 1. The van der Waals surface area contributed by atoms with Crippen molar-refractivity contribution < 1.29 is 0 Å². The molecule has 5 heteroatoms. The lowest BCUT2D eigenvalue weighted by Gasteiger charge is -2.04. The van der Waals surface area contributed by atoms with Gasteiger partial charge in [-0.05, 0) is 46.2 Å². The highest BCUT2D eigenvalue weighted by atomic mass is 127. The number of benzene rings is 1. The number of aromatic nitrogens is 2. The summed E-state index contributed by atoms with van der Waals surface area (Å²) in [5, 5.41) is 4.60. The number of hydrogen-bond acceptors (Lipinski definition) is 2. The Morgan fingerprint density at radius 1 is 1.33 bits per heavy atom. The second-order valence-electron chi connectivity index (χ2n) is 4.52. The predicted molar refractivity (Wildman–Crippen MR) is 86.7 cm³/mol. The van der Waals surface area contributed by atoms with Crippen LogP contribution in [0.4, 0.5) is 5.82 Å². The topological polar surface area (TPSA) is 43.8 Å². The third kappa shape index (κ3) is 2.88. The van der Waals surface area contributed by atoms with E-state index >= 15 is 0 Å². The Labute approximate surface area is 129 Å². The molecule has 0 aliphatic rings. The Kier molecular flexibility index (Phi) is 4.32. The first-order chi connectivity index (χ1) is 8.49. The van der Waals surface area contributed by atoms with Crippen LogP contribution >= 0.6 is 38.5 Å². The largest absolute Gasteiger partial charge is 0.383 e. The Hall–Kier alpha value is -0.560. The van der Waals surface area contributed by atoms with Gasteiger partial charge in [-0.15, -0.1) is 0 Å². The van der Waals surface area contributed by atoms with Gasteiger partial charge < -0.3 is 5.73 Å². The number of anilines is 1. The van der Waals surface area contributed by atoms with Gasteiger partial charge in [0.05, 0.1) is 15.8 Å². The molecule has 3 nitrogen and oxygen atoms in total. The van der Waals surface area contributed by atoms with Crippen molar-refractivity contribution in [3.05, 3.63) is 43.6 Å². The van der Waals surface area contributed by atoms with Gasteiger partial charge in [0.15, 0.2) is 0 Å². The molecule has 2 N–H and O–H groups in total. The lowest BCUT2D eigenvalue weighted by Crippen LogP contribution is -2.06. The molecule has 0 saturated carbocycles. The summed E-state index contributed by atoms with van der Waals surface area (Å²) in [5.74, 6) is 1.15. The average Bonchev–Trinajstić information content (AvgIpc) is 2.60. The molecule has 0 amide bonds. The van der Waals surface area contributed by atoms with Crippen LogP contribution in [0.5, 0.6) is 0 Å². The van der Waals surface area contributed by atoms with E-state index in [-0.39, 0.29) is 0 Å². The van der Waals surface area contributed by atoms with E-state index in [2.05, 4.69) is 69.6 Å². The Balaban J connectivity index is 2.29. The van der Waals surface area contributed by atoms with Gasteiger partial charge in [0.25, 0.3) is 0 Å². The molecule has 1 aromatic carbocycles. The Morgan fingerprint density at radius 2 is 1.94 bits per heavy atom. The minimum Gasteiger partial charge on any atom is -0.383 e. The maximum absolute atomic E-state index is 6.10. The van der Waals surface area contributed by atoms with E-state index in [0.29, 0.717) is 12.5 Å². The third-order valence-corrected chi connectivity index (χ3v) is 4.38. The molecule has 0 aliphatic carbocycles. The maximum Gasteiger partial charge on any atom is 0.135 e. The average molecular weight is 420 g/mol. The molecule has 0 fully saturated rings. The van der Waals surface area contributed by atoms with Crippen molar-refractivity contribution in [3.63, 3.8) is 0 Å². The van der Waals surface area contributed by atoms with E-state index in [1.807, 2.05) is 16.8 Å². The number of nitrogens with zero attached hydrogens (tertiary/aromatic N) is 2. The smallest absolute Gasteiger partial charge is 0.135 e. The molecule has 0 radical (unpaired) electrons. The van der Waals surface area contributed by atoms with Crippen molar-refractivity contribution in [2.24, 2.45) is 0 Å². The van der Waals surface area contributed by atoms with E-state index < -0.39 is 0 Å². The molecule has 0 unspecified atom stereocenters. The summed E-state index contributed by atoms with van der Waals surface area (Å²) in [6, 6.07) is 8.22. The van der Waals surface area contributed by atoms with E-state index in [1.165, 1.54) is 5.56 Å². The van der Waals surface area contributed by atoms with Crippen molar-refractivity contribution in [1.82, 2.24) is 9.78 Å². The SMILES string of the molecule is CC(C)c1nn(Cc2ccc(Br)cc2)c(N)c1I. The number of hydrogen-bond donors (Lipinski definition) is 1. The van der Waals surface area contributed by atoms with Crippen LogP contribution in [0.25, 0.3) is 0 Å². The van der Waals surface area contributed by atoms with Crippen molar-refractivity contribution >= 4 is 44.3 Å². The van der Waals surface area contributed by atoms with Crippen LogP contribution in [-0.4, -0.2) is 9.78 Å². The first-order valence-electron chi connectivity index (χ1n) is 5.75. The first kappa shape index (κ1) is 13.9. The van der Waals surface area contributed by atoms with E-state index in [9.17, 15) is 0 Å². The molecular formula is C13H15BrIN3. The van der Waals surface area contributed by atoms with Gasteiger partial charge in [0, 0.05) is 4.47 Å². The number of rotatable bonds is 3. The molecule has 18 heavy (non-hydrogen) atoms. The summed E-state index contributed by atoms with van der Waals surface area (Å²) < 4.78 is 4.03. The van der Waals surface area contributed by atoms with Crippen LogP contribution in [-0.2, 0) is 6.54 Å². The number of nitrogens with two attached hydrogens (primary N) is 1. The third-order valence-electron chi connectivity index (χ3n) is 2.75. The van der Waals surface area contributed by atoms with Crippen molar-refractivity contribution in [2.75, 3.05) is 5.73 Å². The normalized spacial score (nSPS) is 11.2. The second-order valence-corrected chi connectivity index (χ2v) is 6.52. The fourth-order valence-corrected chi connectivity index (χ4v) is 3.00. The number of halogens is 2. The Bertz CT molecular complexity index is 546. The fourth-order valence-electron chi connectivity index (χ4n) is 1.72. The molecule has 2 aromatic rings. The maximum atomic E-state index is 6.10. The molecule has 0 spiro atoms. The lowest BCUT2D eigenvalue weighted by atomic mass is 10.1. The zero-order valence-corrected chi connectivity index (χ0v) is 14.1. The predicted octanol–water partition coefficient (Wildman–Crippen LogP) is 4.00. The zero-order chi connectivity index (χ0) is 13.3. The van der Waals surface area contributed by atoms with Gasteiger partial charge in [-0.3, -0.25) is 0 Å². The van der Waals surface area contributed by atoms with Crippen LogP contribution < -0.4 is 5.73 Å². The van der Waals surface area contributed by atoms with Gasteiger partial charge in [-0.25, -0.2) is 4.68 Å². The summed E-state index contributed by atoms with van der Waals surface area (Å²) in [6.07, 6.45) is 0. The minimum atomic E-state index is 0.394. The summed E-state index contributed by atoms with van der Waals surface area (Å²) in [5.41, 5.74) is 8.37. The van der Waals surface area contributed by atoms with Crippen molar-refractivity contribution in [1.29, 1.82) is 0 Å². The monoisotopic (exact) mass is 419 g/mol. The highest BCUT2D eigenvalue weighted by Crippen LogP contribution is 2.26. The van der Waals surface area contributed by atoms with Crippen molar-refractivity contribution in [3.8, 4) is 0 Å². The van der Waals surface area contributed by atoms with Crippen LogP contribution in [0.15, 0.2) is 28.7 Å². The van der Waals surface area contributed by atoms with E-state index in [0.717, 1.165) is 19.6 Å². The second kappa shape index (κ2) is 5.61. The first-order valence-corrected chi connectivity index (χ1v) is 7.62. The molecular weight excluding hydrogens is 405 g/mol. The zero-order valence-electron chi connectivity index (χ0n) is 10.3. The lowest BCUT2D eigenvalue weighted by molar-refractivity contribution is 0.664. The summed E-state index contributed by atoms with van der Waals surface area (Å²) in [7, 11) is 0. The summed E-state index contributed by atoms with van der Waals surface area (Å²) in [4.78, 5) is 0. The summed E-state index contributed by atoms with van der Waals surface area (Å²) in [6.45, 7) is 4.98. The summed E-state index contributed by atoms with van der Waals surface area (Å²) >= 11 is 5.70. The molecule has 96 valence electrons. The standard InChI is InChI=1S/C13H15BrIN3/c1-8(2)12-11(15)13(16)18(17-12)7-9-3-5-10(14)6-4-9/h3-6,8H,7,16H2,1-2H3. The molecule has 1 heterocycles. The van der Waals surface area contributed by atoms with E-state index in [4.69, 9.17) is 5.73 Å². The minimum absolute atomic E-state index is 0.394. The molecule has 0 bridgehead atoms. The quantitative estimate of drug-likeness (QED) is 0.764.